The third kappa shape index (κ3) is 7.29. The third-order valence-electron chi connectivity index (χ3n) is 3.43. The SMILES string of the molecule is CCCCCCN[C@@H](C)C(=O)NCCc1ccccc1. The van der Waals surface area contributed by atoms with Gasteiger partial charge in [0.2, 0.25) is 5.91 Å². The van der Waals surface area contributed by atoms with Crippen LogP contribution in [0.15, 0.2) is 30.3 Å². The lowest BCUT2D eigenvalue weighted by Crippen LogP contribution is -2.43. The summed E-state index contributed by atoms with van der Waals surface area (Å²) in [5.41, 5.74) is 1.26. The van der Waals surface area contributed by atoms with E-state index in [-0.39, 0.29) is 11.9 Å². The highest BCUT2D eigenvalue weighted by Gasteiger charge is 2.10. The van der Waals surface area contributed by atoms with Crippen LogP contribution in [0.25, 0.3) is 0 Å². The first-order valence-electron chi connectivity index (χ1n) is 7.79. The van der Waals surface area contributed by atoms with Crippen LogP contribution in [0, 0.1) is 0 Å². The number of carbonyl (C=O) groups is 1. The Balaban J connectivity index is 2.09. The fraction of sp³-hybridized carbons (Fsp3) is 0.588. The van der Waals surface area contributed by atoms with E-state index >= 15 is 0 Å². The van der Waals surface area contributed by atoms with Crippen LogP contribution in [0.4, 0.5) is 0 Å². The summed E-state index contributed by atoms with van der Waals surface area (Å²) in [6.45, 7) is 5.76. The predicted molar refractivity (Wildman–Crippen MR) is 84.8 cm³/mol. The summed E-state index contributed by atoms with van der Waals surface area (Å²) in [7, 11) is 0. The van der Waals surface area contributed by atoms with Gasteiger partial charge >= 0.3 is 0 Å². The van der Waals surface area contributed by atoms with E-state index in [0.29, 0.717) is 6.54 Å². The maximum absolute atomic E-state index is 11.9. The van der Waals surface area contributed by atoms with Crippen molar-refractivity contribution in [2.24, 2.45) is 0 Å². The summed E-state index contributed by atoms with van der Waals surface area (Å²) in [6, 6.07) is 10.1. The average Bonchev–Trinajstić information content (AvgIpc) is 2.47. The highest BCUT2D eigenvalue weighted by Crippen LogP contribution is 1.99. The summed E-state index contributed by atoms with van der Waals surface area (Å²) in [5.74, 6) is 0.0939. The van der Waals surface area contributed by atoms with Crippen LogP contribution in [0.3, 0.4) is 0 Å². The topological polar surface area (TPSA) is 41.1 Å². The highest BCUT2D eigenvalue weighted by atomic mass is 16.2. The zero-order chi connectivity index (χ0) is 14.6. The van der Waals surface area contributed by atoms with Crippen molar-refractivity contribution in [2.45, 2.75) is 52.0 Å². The van der Waals surface area contributed by atoms with Gasteiger partial charge in [-0.1, -0.05) is 56.5 Å². The molecule has 1 atom stereocenters. The number of rotatable bonds is 10. The van der Waals surface area contributed by atoms with Crippen molar-refractivity contribution in [3.05, 3.63) is 35.9 Å². The smallest absolute Gasteiger partial charge is 0.236 e. The van der Waals surface area contributed by atoms with Gasteiger partial charge in [0.25, 0.3) is 0 Å². The second-order valence-corrected chi connectivity index (χ2v) is 5.26. The molecule has 0 saturated carbocycles. The second kappa shape index (κ2) is 10.4. The van der Waals surface area contributed by atoms with E-state index in [1.54, 1.807) is 0 Å². The minimum absolute atomic E-state index is 0.0939. The quantitative estimate of drug-likeness (QED) is 0.645. The molecule has 0 unspecified atom stereocenters. The van der Waals surface area contributed by atoms with Gasteiger partial charge in [-0.3, -0.25) is 4.79 Å². The third-order valence-corrected chi connectivity index (χ3v) is 3.43. The maximum atomic E-state index is 11.9. The molecule has 0 aliphatic carbocycles. The Morgan fingerprint density at radius 1 is 1.10 bits per heavy atom. The van der Waals surface area contributed by atoms with Crippen LogP contribution < -0.4 is 10.6 Å². The molecular formula is C17H28N2O. The highest BCUT2D eigenvalue weighted by molar-refractivity contribution is 5.81. The minimum atomic E-state index is -0.104. The molecule has 1 amide bonds. The van der Waals surface area contributed by atoms with E-state index in [1.165, 1.54) is 24.8 Å². The average molecular weight is 276 g/mol. The Hall–Kier alpha value is -1.35. The monoisotopic (exact) mass is 276 g/mol. The van der Waals surface area contributed by atoms with Crippen LogP contribution in [0.5, 0.6) is 0 Å². The summed E-state index contributed by atoms with van der Waals surface area (Å²) < 4.78 is 0. The summed E-state index contributed by atoms with van der Waals surface area (Å²) >= 11 is 0. The molecule has 1 aromatic carbocycles. The number of amides is 1. The van der Waals surface area contributed by atoms with Crippen molar-refractivity contribution in [3.8, 4) is 0 Å². The van der Waals surface area contributed by atoms with Gasteiger partial charge in [-0.05, 0) is 31.9 Å². The van der Waals surface area contributed by atoms with Crippen LogP contribution >= 0.6 is 0 Å². The number of benzene rings is 1. The van der Waals surface area contributed by atoms with Gasteiger partial charge in [0.1, 0.15) is 0 Å². The molecule has 20 heavy (non-hydrogen) atoms. The van der Waals surface area contributed by atoms with E-state index in [0.717, 1.165) is 19.4 Å². The van der Waals surface area contributed by atoms with Gasteiger partial charge in [-0.25, -0.2) is 0 Å². The van der Waals surface area contributed by atoms with Crippen LogP contribution in [-0.4, -0.2) is 25.0 Å². The Morgan fingerprint density at radius 2 is 1.85 bits per heavy atom. The molecule has 0 aliphatic rings. The van der Waals surface area contributed by atoms with E-state index in [4.69, 9.17) is 0 Å². The largest absolute Gasteiger partial charge is 0.354 e. The molecule has 2 N–H and O–H groups in total. The Labute approximate surface area is 123 Å². The van der Waals surface area contributed by atoms with E-state index in [1.807, 2.05) is 25.1 Å². The lowest BCUT2D eigenvalue weighted by molar-refractivity contribution is -0.122. The molecule has 112 valence electrons. The van der Waals surface area contributed by atoms with Crippen molar-refractivity contribution in [3.63, 3.8) is 0 Å². The summed E-state index contributed by atoms with van der Waals surface area (Å²) in [4.78, 5) is 11.9. The molecule has 0 saturated heterocycles. The number of unbranched alkanes of at least 4 members (excludes halogenated alkanes) is 3. The number of carbonyl (C=O) groups excluding carboxylic acids is 1. The molecule has 3 nitrogen and oxygen atoms in total. The summed E-state index contributed by atoms with van der Waals surface area (Å²) in [6.07, 6.45) is 5.80. The van der Waals surface area contributed by atoms with E-state index in [9.17, 15) is 4.79 Å². The Bertz CT molecular complexity index is 365. The molecule has 0 aliphatic heterocycles. The van der Waals surface area contributed by atoms with Gasteiger partial charge in [-0.2, -0.15) is 0 Å². The normalized spacial score (nSPS) is 12.1. The summed E-state index contributed by atoms with van der Waals surface area (Å²) in [5, 5.41) is 6.26. The van der Waals surface area contributed by atoms with Crippen molar-refractivity contribution < 1.29 is 4.79 Å². The molecule has 0 aromatic heterocycles. The van der Waals surface area contributed by atoms with Gasteiger partial charge in [0.15, 0.2) is 0 Å². The molecule has 1 aromatic rings. The molecule has 0 heterocycles. The molecule has 1 rings (SSSR count). The molecular weight excluding hydrogens is 248 g/mol. The predicted octanol–water partition coefficient (Wildman–Crippen LogP) is 2.90. The van der Waals surface area contributed by atoms with E-state index < -0.39 is 0 Å². The van der Waals surface area contributed by atoms with Gasteiger partial charge in [-0.15, -0.1) is 0 Å². The number of hydrogen-bond donors (Lipinski definition) is 2. The first-order chi connectivity index (χ1) is 9.74. The fourth-order valence-electron chi connectivity index (χ4n) is 2.09. The zero-order valence-corrected chi connectivity index (χ0v) is 12.8. The fourth-order valence-corrected chi connectivity index (χ4v) is 2.09. The molecule has 0 spiro atoms. The van der Waals surface area contributed by atoms with Crippen molar-refractivity contribution in [1.29, 1.82) is 0 Å². The van der Waals surface area contributed by atoms with Gasteiger partial charge in [0.05, 0.1) is 6.04 Å². The minimum Gasteiger partial charge on any atom is -0.354 e. The lowest BCUT2D eigenvalue weighted by Gasteiger charge is -2.14. The van der Waals surface area contributed by atoms with Gasteiger partial charge < -0.3 is 10.6 Å². The van der Waals surface area contributed by atoms with Crippen molar-refractivity contribution in [2.75, 3.05) is 13.1 Å². The zero-order valence-electron chi connectivity index (χ0n) is 12.8. The number of hydrogen-bond acceptors (Lipinski definition) is 2. The lowest BCUT2D eigenvalue weighted by atomic mass is 10.1. The standard InChI is InChI=1S/C17H28N2O/c1-3-4-5-9-13-18-15(2)17(20)19-14-12-16-10-7-6-8-11-16/h6-8,10-11,15,18H,3-5,9,12-14H2,1-2H3,(H,19,20)/t15-/m0/s1. The van der Waals surface area contributed by atoms with Gasteiger partial charge in [0, 0.05) is 6.54 Å². The number of nitrogens with one attached hydrogen (secondary N) is 2. The first kappa shape index (κ1) is 16.7. The van der Waals surface area contributed by atoms with E-state index in [2.05, 4.69) is 29.7 Å². The molecule has 0 radical (unpaired) electrons. The molecule has 0 fully saturated rings. The molecule has 0 bridgehead atoms. The van der Waals surface area contributed by atoms with Crippen LogP contribution in [0.1, 0.15) is 45.1 Å². The van der Waals surface area contributed by atoms with Crippen LogP contribution in [-0.2, 0) is 11.2 Å². The van der Waals surface area contributed by atoms with Crippen LogP contribution in [0.2, 0.25) is 0 Å². The van der Waals surface area contributed by atoms with Crippen molar-refractivity contribution >= 4 is 5.91 Å². The van der Waals surface area contributed by atoms with Crippen molar-refractivity contribution in [1.82, 2.24) is 10.6 Å². The Morgan fingerprint density at radius 3 is 2.55 bits per heavy atom. The molecule has 3 heteroatoms. The second-order valence-electron chi connectivity index (χ2n) is 5.26. The Kier molecular flexibility index (Phi) is 8.72. The first-order valence-corrected chi connectivity index (χ1v) is 7.79. The maximum Gasteiger partial charge on any atom is 0.236 e.